The number of aromatic nitrogens is 2. The first-order valence-electron chi connectivity index (χ1n) is 5.34. The first kappa shape index (κ1) is 9.73. The molecule has 0 N–H and O–H groups in total. The number of hydrogen-bond donors (Lipinski definition) is 0. The molecule has 1 aromatic carbocycles. The van der Waals surface area contributed by atoms with Gasteiger partial charge in [-0.3, -0.25) is 9.97 Å². The normalized spacial score (nSPS) is 10.6. The molecule has 0 radical (unpaired) electrons. The fraction of sp³-hybridized carbons (Fsp3) is 0.0714. The molecule has 0 unspecified atom stereocenters. The lowest BCUT2D eigenvalue weighted by atomic mass is 10.0. The molecule has 3 nitrogen and oxygen atoms in total. The second-order valence-corrected chi connectivity index (χ2v) is 3.96. The van der Waals surface area contributed by atoms with Gasteiger partial charge in [-0.15, -0.1) is 0 Å². The molecule has 0 bridgehead atoms. The highest BCUT2D eigenvalue weighted by Gasteiger charge is 2.07. The van der Waals surface area contributed by atoms with Gasteiger partial charge in [-0.2, -0.15) is 5.26 Å². The summed E-state index contributed by atoms with van der Waals surface area (Å²) in [6.07, 6.45) is 3.43. The Morgan fingerprint density at radius 1 is 0.941 bits per heavy atom. The number of pyridine rings is 2. The summed E-state index contributed by atoms with van der Waals surface area (Å²) in [4.78, 5) is 8.72. The van der Waals surface area contributed by atoms with Gasteiger partial charge in [0.15, 0.2) is 0 Å². The highest BCUT2D eigenvalue weighted by atomic mass is 14.7. The van der Waals surface area contributed by atoms with E-state index in [1.165, 1.54) is 5.56 Å². The monoisotopic (exact) mass is 219 g/mol. The van der Waals surface area contributed by atoms with Crippen molar-refractivity contribution in [3.05, 3.63) is 47.8 Å². The van der Waals surface area contributed by atoms with E-state index >= 15 is 0 Å². The van der Waals surface area contributed by atoms with Gasteiger partial charge < -0.3 is 0 Å². The van der Waals surface area contributed by atoms with E-state index in [2.05, 4.69) is 16.0 Å². The van der Waals surface area contributed by atoms with Gasteiger partial charge in [0, 0.05) is 23.2 Å². The van der Waals surface area contributed by atoms with Crippen molar-refractivity contribution in [3.63, 3.8) is 0 Å². The van der Waals surface area contributed by atoms with Crippen molar-refractivity contribution in [1.82, 2.24) is 9.97 Å². The number of benzene rings is 1. The molecule has 0 saturated carbocycles. The third-order valence-corrected chi connectivity index (χ3v) is 2.96. The molecule has 3 aromatic rings. The van der Waals surface area contributed by atoms with Crippen LogP contribution in [0, 0.1) is 18.3 Å². The SMILES string of the molecule is Cc1ccnc2c1ccc1c(C#N)ccnc12. The standard InChI is InChI=1S/C14H9N3/c1-9-4-6-16-13-11(9)2-3-12-10(8-15)5-7-17-14(12)13/h2-7H,1H3. The Hall–Kier alpha value is -2.47. The molecule has 0 amide bonds. The smallest absolute Gasteiger partial charge is 0.0999 e. The molecule has 0 aliphatic heterocycles. The Labute approximate surface area is 98.4 Å². The average Bonchev–Trinajstić information content (AvgIpc) is 2.38. The fourth-order valence-electron chi connectivity index (χ4n) is 2.06. The fourth-order valence-corrected chi connectivity index (χ4v) is 2.06. The molecule has 80 valence electrons. The molecule has 0 fully saturated rings. The van der Waals surface area contributed by atoms with Gasteiger partial charge in [-0.05, 0) is 24.6 Å². The van der Waals surface area contributed by atoms with Crippen LogP contribution in [-0.4, -0.2) is 9.97 Å². The number of nitriles is 1. The zero-order valence-corrected chi connectivity index (χ0v) is 9.31. The minimum absolute atomic E-state index is 0.639. The molecule has 0 aliphatic rings. The van der Waals surface area contributed by atoms with Crippen molar-refractivity contribution >= 4 is 21.8 Å². The lowest BCUT2D eigenvalue weighted by Gasteiger charge is -2.05. The summed E-state index contributed by atoms with van der Waals surface area (Å²) in [5, 5.41) is 11.0. The molecule has 3 heteroatoms. The largest absolute Gasteiger partial charge is 0.254 e. The maximum absolute atomic E-state index is 9.06. The van der Waals surface area contributed by atoms with E-state index < -0.39 is 0 Å². The second-order valence-electron chi connectivity index (χ2n) is 3.96. The van der Waals surface area contributed by atoms with E-state index in [-0.39, 0.29) is 0 Å². The predicted molar refractivity (Wildman–Crippen MR) is 66.5 cm³/mol. The zero-order chi connectivity index (χ0) is 11.8. The molecular weight excluding hydrogens is 210 g/mol. The van der Waals surface area contributed by atoms with E-state index in [9.17, 15) is 0 Å². The van der Waals surface area contributed by atoms with Gasteiger partial charge in [0.1, 0.15) is 0 Å². The van der Waals surface area contributed by atoms with Crippen LogP contribution in [0.1, 0.15) is 11.1 Å². The van der Waals surface area contributed by atoms with Crippen LogP contribution in [0.2, 0.25) is 0 Å². The highest BCUT2D eigenvalue weighted by molar-refractivity contribution is 6.05. The van der Waals surface area contributed by atoms with Crippen molar-refractivity contribution < 1.29 is 0 Å². The van der Waals surface area contributed by atoms with Crippen LogP contribution in [0.4, 0.5) is 0 Å². The number of nitrogens with zero attached hydrogens (tertiary/aromatic N) is 3. The van der Waals surface area contributed by atoms with Gasteiger partial charge >= 0.3 is 0 Å². The zero-order valence-electron chi connectivity index (χ0n) is 9.31. The molecule has 0 atom stereocenters. The number of aryl methyl sites for hydroxylation is 1. The third kappa shape index (κ3) is 1.35. The Balaban J connectivity index is 2.59. The topological polar surface area (TPSA) is 49.6 Å². The molecule has 2 heterocycles. The molecule has 2 aromatic heterocycles. The molecule has 0 aliphatic carbocycles. The van der Waals surface area contributed by atoms with Crippen LogP contribution < -0.4 is 0 Å². The van der Waals surface area contributed by atoms with Crippen molar-refractivity contribution in [2.45, 2.75) is 6.92 Å². The van der Waals surface area contributed by atoms with Crippen molar-refractivity contribution in [2.75, 3.05) is 0 Å². The Kier molecular flexibility index (Phi) is 2.02. The lowest BCUT2D eigenvalue weighted by molar-refractivity contribution is 1.34. The summed E-state index contributed by atoms with van der Waals surface area (Å²) in [6.45, 7) is 2.05. The summed E-state index contributed by atoms with van der Waals surface area (Å²) in [5.74, 6) is 0. The van der Waals surface area contributed by atoms with Gasteiger partial charge in [0.05, 0.1) is 22.7 Å². The highest BCUT2D eigenvalue weighted by Crippen LogP contribution is 2.25. The molecule has 0 spiro atoms. The third-order valence-electron chi connectivity index (χ3n) is 2.96. The van der Waals surface area contributed by atoms with Crippen molar-refractivity contribution in [1.29, 1.82) is 5.26 Å². The van der Waals surface area contributed by atoms with E-state index in [1.807, 2.05) is 25.1 Å². The summed E-state index contributed by atoms with van der Waals surface area (Å²) in [6, 6.07) is 9.83. The Bertz CT molecular complexity index is 769. The molecular formula is C14H9N3. The summed E-state index contributed by atoms with van der Waals surface area (Å²) in [5.41, 5.74) is 3.46. The van der Waals surface area contributed by atoms with Crippen LogP contribution >= 0.6 is 0 Å². The van der Waals surface area contributed by atoms with Crippen molar-refractivity contribution in [3.8, 4) is 6.07 Å². The average molecular weight is 219 g/mol. The number of rotatable bonds is 0. The molecule has 17 heavy (non-hydrogen) atoms. The first-order chi connectivity index (χ1) is 8.31. The summed E-state index contributed by atoms with van der Waals surface area (Å²) in [7, 11) is 0. The van der Waals surface area contributed by atoms with Crippen LogP contribution in [-0.2, 0) is 0 Å². The van der Waals surface area contributed by atoms with E-state index in [1.54, 1.807) is 18.5 Å². The van der Waals surface area contributed by atoms with Crippen LogP contribution in [0.5, 0.6) is 0 Å². The Morgan fingerprint density at radius 3 is 2.35 bits per heavy atom. The van der Waals surface area contributed by atoms with Gasteiger partial charge in [0.25, 0.3) is 0 Å². The number of hydrogen-bond acceptors (Lipinski definition) is 3. The maximum atomic E-state index is 9.06. The van der Waals surface area contributed by atoms with E-state index in [0.717, 1.165) is 21.8 Å². The van der Waals surface area contributed by atoms with Crippen LogP contribution in [0.3, 0.4) is 0 Å². The van der Waals surface area contributed by atoms with Gasteiger partial charge in [0.2, 0.25) is 0 Å². The predicted octanol–water partition coefficient (Wildman–Crippen LogP) is 2.96. The van der Waals surface area contributed by atoms with E-state index in [4.69, 9.17) is 5.26 Å². The maximum Gasteiger partial charge on any atom is 0.0999 e. The molecule has 0 saturated heterocycles. The minimum atomic E-state index is 0.639. The van der Waals surface area contributed by atoms with Crippen LogP contribution in [0.25, 0.3) is 21.8 Å². The van der Waals surface area contributed by atoms with Crippen LogP contribution in [0.15, 0.2) is 36.7 Å². The second kappa shape index (κ2) is 3.53. The quantitative estimate of drug-likeness (QED) is 0.546. The number of fused-ring (bicyclic) bond motifs is 3. The van der Waals surface area contributed by atoms with E-state index in [0.29, 0.717) is 5.56 Å². The van der Waals surface area contributed by atoms with Gasteiger partial charge in [-0.25, -0.2) is 0 Å². The Morgan fingerprint density at radius 2 is 1.59 bits per heavy atom. The first-order valence-corrected chi connectivity index (χ1v) is 5.34. The van der Waals surface area contributed by atoms with Crippen molar-refractivity contribution in [2.24, 2.45) is 0 Å². The lowest BCUT2D eigenvalue weighted by Crippen LogP contribution is -1.89. The summed E-state index contributed by atoms with van der Waals surface area (Å²) >= 11 is 0. The molecule has 3 rings (SSSR count). The summed E-state index contributed by atoms with van der Waals surface area (Å²) < 4.78 is 0. The minimum Gasteiger partial charge on any atom is -0.254 e. The van der Waals surface area contributed by atoms with Gasteiger partial charge in [-0.1, -0.05) is 12.1 Å².